The van der Waals surface area contributed by atoms with Gasteiger partial charge in [0.05, 0.1) is 32.9 Å². The van der Waals surface area contributed by atoms with Crippen LogP contribution in [0.1, 0.15) is 55.6 Å². The van der Waals surface area contributed by atoms with Crippen LogP contribution in [0, 0.1) is 0 Å². The first kappa shape index (κ1) is 66.8. The van der Waals surface area contributed by atoms with Crippen molar-refractivity contribution in [3.05, 3.63) is 497 Å². The third kappa shape index (κ3) is 11.4. The Kier molecular flexibility index (Phi) is 16.9. The maximum Gasteiger partial charge on any atom is 0.0714 e. The van der Waals surface area contributed by atoms with E-state index in [2.05, 4.69) is 461 Å². The summed E-state index contributed by atoms with van der Waals surface area (Å²) in [5.41, 5.74) is 28.0. The fraction of sp³-hybridized carbons (Fsp3) is 0.0280. The van der Waals surface area contributed by atoms with Gasteiger partial charge in [-0.05, 0) is 191 Å². The quantitative estimate of drug-likeness (QED) is 0.126. The highest BCUT2D eigenvalue weighted by atomic mass is 79.9. The molecule has 0 radical (unpaired) electrons. The minimum atomic E-state index is -0.497. The number of hydrogen-bond acceptors (Lipinski definition) is 1. The molecule has 0 fully saturated rings. The second kappa shape index (κ2) is 28.2. The number of anilines is 3. The van der Waals surface area contributed by atoms with Crippen molar-refractivity contribution in [1.29, 1.82) is 0 Å². The molecule has 0 unspecified atom stereocenters. The van der Waals surface area contributed by atoms with E-state index in [1.807, 2.05) is 6.07 Å². The minimum Gasteiger partial charge on any atom is -0.310 e. The molecule has 2 aliphatic rings. The summed E-state index contributed by atoms with van der Waals surface area (Å²) >= 11 is 3.58. The van der Waals surface area contributed by atoms with Crippen LogP contribution in [0.4, 0.5) is 17.1 Å². The van der Waals surface area contributed by atoms with Crippen LogP contribution < -0.4 is 4.90 Å². The largest absolute Gasteiger partial charge is 0.310 e. The lowest BCUT2D eigenvalue weighted by atomic mass is 9.67. The van der Waals surface area contributed by atoms with Gasteiger partial charge < -0.3 is 14.0 Å². The Labute approximate surface area is 655 Å². The zero-order chi connectivity index (χ0) is 73.8. The van der Waals surface area contributed by atoms with Crippen molar-refractivity contribution >= 4 is 98.1 Å². The summed E-state index contributed by atoms with van der Waals surface area (Å²) in [6.45, 7) is 0. The maximum absolute atomic E-state index is 3.58. The van der Waals surface area contributed by atoms with Crippen LogP contribution in [0.5, 0.6) is 0 Å². The molecule has 0 bridgehead atoms. The van der Waals surface area contributed by atoms with Crippen molar-refractivity contribution in [3.8, 4) is 33.6 Å². The van der Waals surface area contributed by atoms with Crippen molar-refractivity contribution in [3.63, 3.8) is 0 Å². The Bertz CT molecular complexity index is 6790. The Morgan fingerprint density at radius 3 is 1.10 bits per heavy atom. The molecule has 0 aliphatic heterocycles. The van der Waals surface area contributed by atoms with Crippen molar-refractivity contribution in [2.75, 3.05) is 4.90 Å². The molecule has 0 saturated heterocycles. The zero-order valence-corrected chi connectivity index (χ0v) is 62.6. The van der Waals surface area contributed by atoms with Gasteiger partial charge in [0.2, 0.25) is 0 Å². The Morgan fingerprint density at radius 2 is 0.568 bits per heavy atom. The van der Waals surface area contributed by atoms with Crippen LogP contribution in [0.3, 0.4) is 0 Å². The molecule has 20 aromatic rings. The van der Waals surface area contributed by atoms with Crippen LogP contribution in [0.25, 0.3) is 98.8 Å². The van der Waals surface area contributed by atoms with Gasteiger partial charge in [-0.15, -0.1) is 0 Å². The minimum absolute atomic E-state index is 0.339. The van der Waals surface area contributed by atoms with E-state index in [1.54, 1.807) is 0 Å². The molecule has 0 amide bonds. The maximum atomic E-state index is 3.58. The first-order valence-corrected chi connectivity index (χ1v) is 39.1. The topological polar surface area (TPSA) is 13.1 Å². The predicted octanol–water partition coefficient (Wildman–Crippen LogP) is 28.1. The van der Waals surface area contributed by atoms with E-state index >= 15 is 0 Å². The highest BCUT2D eigenvalue weighted by Gasteiger charge is 2.48. The molecule has 0 saturated carbocycles. The lowest BCUT2D eigenvalue weighted by Crippen LogP contribution is -2.28. The van der Waals surface area contributed by atoms with Gasteiger partial charge in [0.25, 0.3) is 0 Å². The van der Waals surface area contributed by atoms with E-state index in [0.717, 1.165) is 33.6 Å². The van der Waals surface area contributed by atoms with E-state index in [-0.39, 0.29) is 5.41 Å². The molecule has 111 heavy (non-hydrogen) atoms. The van der Waals surface area contributed by atoms with Crippen LogP contribution in [-0.2, 0) is 17.3 Å². The molecule has 22 rings (SSSR count). The van der Waals surface area contributed by atoms with E-state index in [1.165, 1.54) is 149 Å². The van der Waals surface area contributed by atoms with Gasteiger partial charge >= 0.3 is 0 Å². The highest BCUT2D eigenvalue weighted by Crippen LogP contribution is 2.59. The van der Waals surface area contributed by atoms with Crippen LogP contribution in [0.2, 0.25) is 0 Å². The molecule has 0 N–H and O–H groups in total. The number of hydrogen-bond donors (Lipinski definition) is 0. The Balaban J connectivity index is 0.000000122. The van der Waals surface area contributed by atoms with E-state index in [0.29, 0.717) is 0 Å². The van der Waals surface area contributed by atoms with E-state index in [9.17, 15) is 0 Å². The predicted molar refractivity (Wildman–Crippen MR) is 469 cm³/mol. The molecule has 0 spiro atoms. The zero-order valence-electron chi connectivity index (χ0n) is 61.0. The monoisotopic (exact) mass is 1480 g/mol. The van der Waals surface area contributed by atoms with Gasteiger partial charge in [0, 0.05) is 54.5 Å². The van der Waals surface area contributed by atoms with Crippen molar-refractivity contribution in [2.45, 2.75) is 17.3 Å². The summed E-state index contributed by atoms with van der Waals surface area (Å²) in [4.78, 5) is 2.45. The summed E-state index contributed by atoms with van der Waals surface area (Å²) in [6.07, 6.45) is 0.911. The number of halogens is 1. The Hall–Kier alpha value is -13.6. The molecule has 524 valence electrons. The summed E-state index contributed by atoms with van der Waals surface area (Å²) in [6, 6.07) is 159. The number of nitrogens with zero attached hydrogens (tertiary/aromatic N) is 3. The average Bonchev–Trinajstić information content (AvgIpc) is 1.55. The van der Waals surface area contributed by atoms with Gasteiger partial charge in [-0.3, -0.25) is 0 Å². The summed E-state index contributed by atoms with van der Waals surface area (Å²) in [7, 11) is 0. The normalized spacial score (nSPS) is 12.7. The van der Waals surface area contributed by atoms with Crippen molar-refractivity contribution in [2.24, 2.45) is 0 Å². The molecule has 2 aliphatic carbocycles. The first-order valence-electron chi connectivity index (χ1n) is 38.3. The van der Waals surface area contributed by atoms with Gasteiger partial charge in [-0.25, -0.2) is 0 Å². The Morgan fingerprint density at radius 1 is 0.225 bits per heavy atom. The molecule has 0 atom stereocenters. The second-order valence-electron chi connectivity index (χ2n) is 29.1. The van der Waals surface area contributed by atoms with E-state index in [4.69, 9.17) is 0 Å². The van der Waals surface area contributed by atoms with Crippen LogP contribution in [0.15, 0.2) is 441 Å². The van der Waals surface area contributed by atoms with Crippen molar-refractivity contribution < 1.29 is 0 Å². The number of benzene rings is 18. The number of fused-ring (bicyclic) bond motifs is 14. The summed E-state index contributed by atoms with van der Waals surface area (Å²) in [5.74, 6) is 0. The third-order valence-corrected chi connectivity index (χ3v) is 23.5. The average molecular weight is 1480 g/mol. The van der Waals surface area contributed by atoms with Crippen LogP contribution >= 0.6 is 15.9 Å². The first-order chi connectivity index (χ1) is 55.0. The smallest absolute Gasteiger partial charge is 0.0714 e. The second-order valence-corrected chi connectivity index (χ2v) is 30.0. The molecule has 2 heterocycles. The molecular weight excluding hydrogens is 1410 g/mol. The lowest BCUT2D eigenvalue weighted by molar-refractivity contribution is 0.767. The number of para-hydroxylation sites is 4. The molecule has 2 aromatic heterocycles. The molecule has 3 nitrogen and oxygen atoms in total. The van der Waals surface area contributed by atoms with Gasteiger partial charge in [0.15, 0.2) is 0 Å². The van der Waals surface area contributed by atoms with E-state index < -0.39 is 5.41 Å². The van der Waals surface area contributed by atoms with Crippen molar-refractivity contribution in [1.82, 2.24) is 9.13 Å². The highest BCUT2D eigenvalue weighted by molar-refractivity contribution is 9.10. The van der Waals surface area contributed by atoms with Gasteiger partial charge in [0.1, 0.15) is 0 Å². The van der Waals surface area contributed by atoms with Crippen LogP contribution in [-0.4, -0.2) is 9.13 Å². The summed E-state index contributed by atoms with van der Waals surface area (Å²) < 4.78 is 5.82. The number of rotatable bonds is 11. The molecule has 18 aromatic carbocycles. The number of aromatic nitrogens is 2. The fourth-order valence-electron chi connectivity index (χ4n) is 18.3. The standard InChI is InChI=1S/C53H36N2.C36H26.C18H12BrN/c1-4-18-39(19-5-1)53(40-20-6-2-7-21-40)49-26-14-12-24-45(49)46-32-30-43(35-50(46)53)54(42-29-28-37-16-10-11-17-38(37)34-42)44-31-33-48-47-25-13-15-27-51(47)55(52(48)36-44)41-22-8-3-9-23-41;1-3-13-30(14-4-1)36(31-15-5-2-6-16-31)34-18-10-9-17-32(34)33-22-20-27(25-35(33)36)23-26-19-21-28-11-7-8-12-29(28)24-26;19-13-10-11-16-15-8-4-5-9-17(15)20(18(16)12-13)14-6-2-1-3-7-14/h1-36H;1-22,24-25H,23H2;1-12H. The van der Waals surface area contributed by atoms with Gasteiger partial charge in [-0.1, -0.05) is 368 Å². The van der Waals surface area contributed by atoms with Gasteiger partial charge in [-0.2, -0.15) is 0 Å². The fourth-order valence-corrected chi connectivity index (χ4v) is 18.6. The third-order valence-electron chi connectivity index (χ3n) is 23.0. The SMILES string of the molecule is Brc1ccc2c3ccccc3n(-c3ccccc3)c2c1.c1ccc(-n2c3ccccc3c3ccc(N(c4ccc5c(c4)C(c4ccccc4)(c4ccccc4)c4ccccc4-5)c4ccc5ccccc5c4)cc32)cc1.c1ccc(C2(c3ccccc3)c3ccccc3-c3ccc(Cc4ccc5ccccc5c4)cc32)cc1. The molecule has 4 heteroatoms. The lowest BCUT2D eigenvalue weighted by Gasteiger charge is -2.35. The molecular formula is C107H74BrN3. The summed E-state index contributed by atoms with van der Waals surface area (Å²) in [5, 5.41) is 10.1.